The van der Waals surface area contributed by atoms with Gasteiger partial charge in [0.2, 0.25) is 5.69 Å². The van der Waals surface area contributed by atoms with Gasteiger partial charge in [0.15, 0.2) is 23.3 Å². The molecule has 2 rings (SSSR count). The number of nitrogens with zero attached hydrogens (tertiary/aromatic N) is 2. The van der Waals surface area contributed by atoms with Crippen LogP contribution in [0.3, 0.4) is 0 Å². The number of hydrogen-bond acceptors (Lipinski definition) is 2. The van der Waals surface area contributed by atoms with E-state index in [1.54, 1.807) is 0 Å². The Balaban J connectivity index is 2.36. The SMILES string of the molecule is [O-][N+](=Nc1ccc(F)c(F)c1)c1ccc(F)c(F)c1. The van der Waals surface area contributed by atoms with Crippen molar-refractivity contribution in [1.82, 2.24) is 0 Å². The maximum atomic E-state index is 12.9. The predicted molar refractivity (Wildman–Crippen MR) is 58.1 cm³/mol. The third-order valence-corrected chi connectivity index (χ3v) is 2.23. The molecule has 7 heteroatoms. The van der Waals surface area contributed by atoms with Gasteiger partial charge in [0.05, 0.1) is 6.07 Å². The fourth-order valence-corrected chi connectivity index (χ4v) is 1.31. The standard InChI is InChI=1S/C12H6F4N2O/c13-9-3-1-7(5-11(9)15)17-18(19)8-2-4-10(14)12(16)6-8/h1-6H. The summed E-state index contributed by atoms with van der Waals surface area (Å²) < 4.78 is 51.1. The van der Waals surface area contributed by atoms with Crippen LogP contribution in [-0.4, -0.2) is 4.86 Å². The van der Waals surface area contributed by atoms with E-state index in [-0.39, 0.29) is 16.2 Å². The zero-order valence-electron chi connectivity index (χ0n) is 9.28. The molecule has 0 aromatic heterocycles. The van der Waals surface area contributed by atoms with Crippen LogP contribution in [0, 0.1) is 28.5 Å². The van der Waals surface area contributed by atoms with Gasteiger partial charge in [0, 0.05) is 17.2 Å². The second-order valence-electron chi connectivity index (χ2n) is 3.57. The lowest BCUT2D eigenvalue weighted by Gasteiger charge is -2.00. The van der Waals surface area contributed by atoms with Gasteiger partial charge < -0.3 is 5.21 Å². The van der Waals surface area contributed by atoms with Crippen molar-refractivity contribution in [2.75, 3.05) is 0 Å². The lowest BCUT2D eigenvalue weighted by Crippen LogP contribution is -1.93. The summed E-state index contributed by atoms with van der Waals surface area (Å²) >= 11 is 0. The first kappa shape index (κ1) is 13.0. The number of hydrogen-bond donors (Lipinski definition) is 0. The molecule has 2 aromatic carbocycles. The highest BCUT2D eigenvalue weighted by molar-refractivity contribution is 5.36. The molecule has 0 aliphatic heterocycles. The van der Waals surface area contributed by atoms with E-state index in [9.17, 15) is 22.8 Å². The van der Waals surface area contributed by atoms with Gasteiger partial charge in [-0.1, -0.05) is 4.86 Å². The second-order valence-corrected chi connectivity index (χ2v) is 3.57. The molecule has 0 bridgehead atoms. The van der Waals surface area contributed by atoms with E-state index in [2.05, 4.69) is 5.11 Å². The summed E-state index contributed by atoms with van der Waals surface area (Å²) in [7, 11) is 0. The summed E-state index contributed by atoms with van der Waals surface area (Å²) in [5, 5.41) is 14.9. The Hall–Kier alpha value is -2.44. The Morgan fingerprint density at radius 2 is 1.37 bits per heavy atom. The average Bonchev–Trinajstić information content (AvgIpc) is 2.37. The molecule has 0 aliphatic carbocycles. The molecule has 2 aromatic rings. The van der Waals surface area contributed by atoms with Gasteiger partial charge in [-0.2, -0.15) is 0 Å². The van der Waals surface area contributed by atoms with Crippen molar-refractivity contribution in [2.45, 2.75) is 0 Å². The van der Waals surface area contributed by atoms with Gasteiger partial charge in [0.25, 0.3) is 0 Å². The minimum Gasteiger partial charge on any atom is -0.594 e. The lowest BCUT2D eigenvalue weighted by molar-refractivity contribution is -0.435. The molecule has 0 heterocycles. The Kier molecular flexibility index (Phi) is 3.46. The van der Waals surface area contributed by atoms with E-state index < -0.39 is 23.3 Å². The normalized spacial score (nSPS) is 11.7. The molecule has 3 nitrogen and oxygen atoms in total. The number of rotatable bonds is 2. The van der Waals surface area contributed by atoms with Crippen LogP contribution in [0.25, 0.3) is 0 Å². The van der Waals surface area contributed by atoms with E-state index in [1.807, 2.05) is 0 Å². The molecule has 0 atom stereocenters. The van der Waals surface area contributed by atoms with E-state index >= 15 is 0 Å². The highest BCUT2D eigenvalue weighted by Gasteiger charge is 2.10. The third-order valence-electron chi connectivity index (χ3n) is 2.23. The van der Waals surface area contributed by atoms with Crippen LogP contribution >= 0.6 is 0 Å². The highest BCUT2D eigenvalue weighted by Crippen LogP contribution is 2.21. The van der Waals surface area contributed by atoms with Crippen LogP contribution in [0.4, 0.5) is 28.9 Å². The van der Waals surface area contributed by atoms with Gasteiger partial charge in [0.1, 0.15) is 5.69 Å². The zero-order chi connectivity index (χ0) is 14.0. The Morgan fingerprint density at radius 3 is 1.95 bits per heavy atom. The van der Waals surface area contributed by atoms with Crippen molar-refractivity contribution in [1.29, 1.82) is 0 Å². The van der Waals surface area contributed by atoms with Crippen molar-refractivity contribution >= 4 is 11.4 Å². The van der Waals surface area contributed by atoms with Crippen molar-refractivity contribution in [2.24, 2.45) is 5.11 Å². The maximum absolute atomic E-state index is 12.9. The van der Waals surface area contributed by atoms with E-state index in [0.717, 1.165) is 24.3 Å². The summed E-state index contributed by atoms with van der Waals surface area (Å²) in [5.41, 5.74) is -0.428. The van der Waals surface area contributed by atoms with E-state index in [4.69, 9.17) is 0 Å². The first-order valence-electron chi connectivity index (χ1n) is 5.06. The number of azo groups is 1. The quantitative estimate of drug-likeness (QED) is 0.349. The Morgan fingerprint density at radius 1 is 0.789 bits per heavy atom. The lowest BCUT2D eigenvalue weighted by atomic mass is 10.3. The average molecular weight is 270 g/mol. The molecule has 0 fully saturated rings. The summed E-state index contributed by atoms with van der Waals surface area (Å²) in [5.74, 6) is -4.56. The zero-order valence-corrected chi connectivity index (χ0v) is 9.28. The Labute approximate surface area is 105 Å². The summed E-state index contributed by atoms with van der Waals surface area (Å²) in [6.07, 6.45) is 0. The summed E-state index contributed by atoms with van der Waals surface area (Å²) in [6, 6.07) is 4.99. The molecule has 19 heavy (non-hydrogen) atoms. The minimum absolute atomic E-state index is 0.0187. The van der Waals surface area contributed by atoms with Gasteiger partial charge >= 0.3 is 0 Å². The number of benzene rings is 2. The smallest absolute Gasteiger partial charge is 0.248 e. The van der Waals surface area contributed by atoms with Crippen LogP contribution in [0.2, 0.25) is 0 Å². The largest absolute Gasteiger partial charge is 0.594 e. The van der Waals surface area contributed by atoms with Crippen molar-refractivity contribution < 1.29 is 22.4 Å². The van der Waals surface area contributed by atoms with Crippen LogP contribution in [0.1, 0.15) is 0 Å². The molecular weight excluding hydrogens is 264 g/mol. The first-order valence-corrected chi connectivity index (χ1v) is 5.06. The van der Waals surface area contributed by atoms with Gasteiger partial charge in [-0.25, -0.2) is 17.6 Å². The molecule has 0 N–H and O–H groups in total. The monoisotopic (exact) mass is 270 g/mol. The van der Waals surface area contributed by atoms with Gasteiger partial charge in [-0.3, -0.25) is 0 Å². The number of halogens is 4. The van der Waals surface area contributed by atoms with Gasteiger partial charge in [-0.05, 0) is 18.2 Å². The van der Waals surface area contributed by atoms with Crippen LogP contribution in [0.5, 0.6) is 0 Å². The third kappa shape index (κ3) is 2.87. The van der Waals surface area contributed by atoms with Crippen molar-refractivity contribution in [3.05, 3.63) is 64.9 Å². The molecule has 0 amide bonds. The molecule has 0 aliphatic rings. The molecule has 0 radical (unpaired) electrons. The molecule has 0 saturated carbocycles. The molecule has 0 saturated heterocycles. The van der Waals surface area contributed by atoms with Crippen molar-refractivity contribution in [3.8, 4) is 0 Å². The summed E-state index contributed by atoms with van der Waals surface area (Å²) in [6.45, 7) is 0. The second kappa shape index (κ2) is 5.05. The molecule has 0 spiro atoms. The minimum atomic E-state index is -1.21. The molecule has 98 valence electrons. The predicted octanol–water partition coefficient (Wildman–Crippen LogP) is 4.17. The van der Waals surface area contributed by atoms with Gasteiger partial charge in [-0.15, -0.1) is 0 Å². The fourth-order valence-electron chi connectivity index (χ4n) is 1.31. The maximum Gasteiger partial charge on any atom is 0.248 e. The Bertz CT molecular complexity index is 658. The van der Waals surface area contributed by atoms with Crippen LogP contribution in [-0.2, 0) is 0 Å². The van der Waals surface area contributed by atoms with E-state index in [1.165, 1.54) is 0 Å². The summed E-state index contributed by atoms with van der Waals surface area (Å²) in [4.78, 5) is -0.0187. The van der Waals surface area contributed by atoms with Crippen LogP contribution < -0.4 is 0 Å². The topological polar surface area (TPSA) is 38.4 Å². The molecular formula is C12H6F4N2O. The van der Waals surface area contributed by atoms with E-state index in [0.29, 0.717) is 12.1 Å². The van der Waals surface area contributed by atoms with Crippen LogP contribution in [0.15, 0.2) is 41.5 Å². The van der Waals surface area contributed by atoms with Crippen molar-refractivity contribution in [3.63, 3.8) is 0 Å². The molecule has 0 unspecified atom stereocenters. The fraction of sp³-hybridized carbons (Fsp3) is 0. The highest BCUT2D eigenvalue weighted by atomic mass is 19.2. The first-order chi connectivity index (χ1) is 8.97.